The molecule has 1 aromatic heterocycles. The number of amides is 1. The first-order valence-corrected chi connectivity index (χ1v) is 9.89. The quantitative estimate of drug-likeness (QED) is 0.862. The highest BCUT2D eigenvalue weighted by molar-refractivity contribution is 5.94. The molecule has 2 aliphatic heterocycles. The van der Waals surface area contributed by atoms with Crippen molar-refractivity contribution in [3.8, 4) is 0 Å². The second-order valence-electron chi connectivity index (χ2n) is 8.08. The Balaban J connectivity index is 1.26. The van der Waals surface area contributed by atoms with Crippen molar-refractivity contribution in [1.29, 1.82) is 0 Å². The van der Waals surface area contributed by atoms with E-state index in [2.05, 4.69) is 50.8 Å². The second-order valence-corrected chi connectivity index (χ2v) is 8.08. The molecule has 3 heterocycles. The molecule has 0 aromatic carbocycles. The minimum absolute atomic E-state index is 0.133. The number of nitrogens with zero attached hydrogens (tertiary/aromatic N) is 2. The molecule has 1 saturated heterocycles. The normalized spacial score (nSPS) is 30.1. The Bertz CT molecular complexity index is 789. The molecule has 2 N–H and O–H groups in total. The summed E-state index contributed by atoms with van der Waals surface area (Å²) in [7, 11) is 0. The van der Waals surface area contributed by atoms with Crippen LogP contribution in [0.2, 0.25) is 0 Å². The Morgan fingerprint density at radius 3 is 2.88 bits per heavy atom. The summed E-state index contributed by atoms with van der Waals surface area (Å²) in [6.45, 7) is 3.52. The number of hydrogen-bond donors (Lipinski definition) is 2. The second kappa shape index (κ2) is 6.54. The highest BCUT2D eigenvalue weighted by atomic mass is 16.2. The van der Waals surface area contributed by atoms with Gasteiger partial charge in [-0.1, -0.05) is 30.4 Å². The predicted molar refractivity (Wildman–Crippen MR) is 101 cm³/mol. The van der Waals surface area contributed by atoms with Crippen molar-refractivity contribution in [2.75, 3.05) is 19.6 Å². The fourth-order valence-corrected chi connectivity index (χ4v) is 5.21. The molecule has 1 saturated carbocycles. The standard InChI is InChI=1S/C21H26N4O/c26-21(20-18-7-8-22-11-19(18)23-24-20)25-12-16-9-15(10-17(16)13-25)14-5-3-1-2-4-6-14/h1-3,5-6,15-17,22H,4,7-13H2,(H,23,24). The van der Waals surface area contributed by atoms with Crippen LogP contribution < -0.4 is 5.32 Å². The molecular weight excluding hydrogens is 324 g/mol. The van der Waals surface area contributed by atoms with Crippen LogP contribution in [0.5, 0.6) is 0 Å². The third-order valence-corrected chi connectivity index (χ3v) is 6.54. The molecular formula is C21H26N4O. The molecule has 26 heavy (non-hydrogen) atoms. The zero-order valence-electron chi connectivity index (χ0n) is 15.1. The van der Waals surface area contributed by atoms with Crippen LogP contribution in [0.1, 0.15) is 41.0 Å². The van der Waals surface area contributed by atoms with Crippen LogP contribution in [0.3, 0.4) is 0 Å². The van der Waals surface area contributed by atoms with Gasteiger partial charge in [0.15, 0.2) is 5.69 Å². The Morgan fingerprint density at radius 1 is 1.19 bits per heavy atom. The molecule has 0 radical (unpaired) electrons. The van der Waals surface area contributed by atoms with E-state index in [-0.39, 0.29) is 5.91 Å². The number of H-pyrrole nitrogens is 1. The van der Waals surface area contributed by atoms with E-state index >= 15 is 0 Å². The number of hydrogen-bond acceptors (Lipinski definition) is 3. The molecule has 136 valence electrons. The van der Waals surface area contributed by atoms with Crippen molar-refractivity contribution in [1.82, 2.24) is 20.4 Å². The highest BCUT2D eigenvalue weighted by Gasteiger charge is 2.43. The lowest BCUT2D eigenvalue weighted by atomic mass is 9.94. The van der Waals surface area contributed by atoms with Gasteiger partial charge in [-0.25, -0.2) is 0 Å². The number of rotatable bonds is 2. The summed E-state index contributed by atoms with van der Waals surface area (Å²) in [6.07, 6.45) is 15.5. The summed E-state index contributed by atoms with van der Waals surface area (Å²) >= 11 is 0. The van der Waals surface area contributed by atoms with Gasteiger partial charge in [-0.2, -0.15) is 5.10 Å². The van der Waals surface area contributed by atoms with Gasteiger partial charge in [0.05, 0.1) is 5.69 Å². The van der Waals surface area contributed by atoms with E-state index in [0.717, 1.165) is 50.3 Å². The molecule has 2 unspecified atom stereocenters. The van der Waals surface area contributed by atoms with E-state index in [1.807, 2.05) is 0 Å². The molecule has 2 atom stereocenters. The minimum Gasteiger partial charge on any atom is -0.337 e. The molecule has 5 rings (SSSR count). The van der Waals surface area contributed by atoms with E-state index in [1.165, 1.54) is 18.4 Å². The van der Waals surface area contributed by atoms with E-state index in [4.69, 9.17) is 0 Å². The topological polar surface area (TPSA) is 61.0 Å². The number of carbonyl (C=O) groups is 1. The third-order valence-electron chi connectivity index (χ3n) is 6.54. The van der Waals surface area contributed by atoms with Gasteiger partial charge < -0.3 is 10.2 Å². The first-order valence-electron chi connectivity index (χ1n) is 9.89. The fraction of sp³-hybridized carbons (Fsp3) is 0.524. The Hall–Kier alpha value is -2.14. The molecule has 2 aliphatic carbocycles. The zero-order valence-corrected chi connectivity index (χ0v) is 15.1. The van der Waals surface area contributed by atoms with Crippen molar-refractivity contribution in [2.24, 2.45) is 17.8 Å². The maximum Gasteiger partial charge on any atom is 0.274 e. The van der Waals surface area contributed by atoms with Gasteiger partial charge in [-0.05, 0) is 55.6 Å². The van der Waals surface area contributed by atoms with Gasteiger partial charge in [0, 0.05) is 25.2 Å². The Kier molecular flexibility index (Phi) is 4.04. The largest absolute Gasteiger partial charge is 0.337 e. The van der Waals surface area contributed by atoms with Crippen molar-refractivity contribution in [3.63, 3.8) is 0 Å². The fourth-order valence-electron chi connectivity index (χ4n) is 5.21. The summed E-state index contributed by atoms with van der Waals surface area (Å²) in [4.78, 5) is 15.1. The van der Waals surface area contributed by atoms with Crippen LogP contribution in [0, 0.1) is 17.8 Å². The number of aromatic amines is 1. The van der Waals surface area contributed by atoms with Crippen LogP contribution >= 0.6 is 0 Å². The monoisotopic (exact) mass is 350 g/mol. The maximum absolute atomic E-state index is 13.0. The lowest BCUT2D eigenvalue weighted by Gasteiger charge is -2.20. The number of allylic oxidation sites excluding steroid dienone is 6. The Morgan fingerprint density at radius 2 is 2.04 bits per heavy atom. The number of carbonyl (C=O) groups excluding carboxylic acids is 1. The molecule has 1 aromatic rings. The van der Waals surface area contributed by atoms with Crippen LogP contribution in [-0.2, 0) is 13.0 Å². The Labute approximate surface area is 154 Å². The summed E-state index contributed by atoms with van der Waals surface area (Å²) < 4.78 is 0. The molecule has 1 amide bonds. The lowest BCUT2D eigenvalue weighted by Crippen LogP contribution is -2.32. The number of likely N-dealkylation sites (tertiary alicyclic amines) is 1. The van der Waals surface area contributed by atoms with E-state index in [1.54, 1.807) is 0 Å². The number of fused-ring (bicyclic) bond motifs is 2. The number of nitrogens with one attached hydrogen (secondary N) is 2. The average Bonchev–Trinajstić information content (AvgIpc) is 3.29. The first-order chi connectivity index (χ1) is 12.8. The van der Waals surface area contributed by atoms with Gasteiger partial charge in [-0.3, -0.25) is 9.89 Å². The first kappa shape index (κ1) is 16.1. The molecule has 0 spiro atoms. The lowest BCUT2D eigenvalue weighted by molar-refractivity contribution is 0.0772. The van der Waals surface area contributed by atoms with Crippen LogP contribution in [0.4, 0.5) is 0 Å². The summed E-state index contributed by atoms with van der Waals surface area (Å²) in [5.74, 6) is 2.09. The molecule has 4 aliphatic rings. The van der Waals surface area contributed by atoms with Crippen LogP contribution in [0.25, 0.3) is 0 Å². The summed E-state index contributed by atoms with van der Waals surface area (Å²) in [6, 6.07) is 0. The van der Waals surface area contributed by atoms with Gasteiger partial charge in [-0.15, -0.1) is 0 Å². The van der Waals surface area contributed by atoms with Gasteiger partial charge in [0.2, 0.25) is 0 Å². The van der Waals surface area contributed by atoms with Gasteiger partial charge >= 0.3 is 0 Å². The van der Waals surface area contributed by atoms with E-state index < -0.39 is 0 Å². The minimum atomic E-state index is 0.133. The smallest absolute Gasteiger partial charge is 0.274 e. The van der Waals surface area contributed by atoms with Crippen molar-refractivity contribution in [2.45, 2.75) is 32.2 Å². The summed E-state index contributed by atoms with van der Waals surface area (Å²) in [5, 5.41) is 10.7. The SMILES string of the molecule is O=C(c1n[nH]c2c1CCNC2)N1CC2CC(C3=CCC=CC=C3)CC2C1. The van der Waals surface area contributed by atoms with Gasteiger partial charge in [0.25, 0.3) is 5.91 Å². The molecule has 5 nitrogen and oxygen atoms in total. The van der Waals surface area contributed by atoms with E-state index in [9.17, 15) is 4.79 Å². The van der Waals surface area contributed by atoms with Crippen molar-refractivity contribution >= 4 is 5.91 Å². The van der Waals surface area contributed by atoms with E-state index in [0.29, 0.717) is 23.4 Å². The molecule has 2 fully saturated rings. The van der Waals surface area contributed by atoms with Crippen LogP contribution in [0.15, 0.2) is 36.0 Å². The van der Waals surface area contributed by atoms with Crippen LogP contribution in [-0.4, -0.2) is 40.6 Å². The molecule has 5 heteroatoms. The predicted octanol–water partition coefficient (Wildman–Crippen LogP) is 2.60. The average molecular weight is 350 g/mol. The van der Waals surface area contributed by atoms with Crippen molar-refractivity contribution in [3.05, 3.63) is 52.9 Å². The number of aromatic nitrogens is 2. The maximum atomic E-state index is 13.0. The third kappa shape index (κ3) is 2.75. The van der Waals surface area contributed by atoms with Crippen molar-refractivity contribution < 1.29 is 4.79 Å². The highest BCUT2D eigenvalue weighted by Crippen LogP contribution is 2.45. The zero-order chi connectivity index (χ0) is 17.5. The van der Waals surface area contributed by atoms with Gasteiger partial charge in [0.1, 0.15) is 0 Å². The summed E-state index contributed by atoms with van der Waals surface area (Å²) in [5.41, 5.74) is 4.37. The molecule has 0 bridgehead atoms.